The molecule has 0 N–H and O–H groups in total. The minimum absolute atomic E-state index is 0.202. The van der Waals surface area contributed by atoms with Gasteiger partial charge in [0.1, 0.15) is 5.82 Å². The van der Waals surface area contributed by atoms with E-state index in [1.165, 1.54) is 46.1 Å². The monoisotopic (exact) mass is 355 g/mol. The molecule has 1 amide bonds. The van der Waals surface area contributed by atoms with E-state index in [-0.39, 0.29) is 17.6 Å². The van der Waals surface area contributed by atoms with Gasteiger partial charge in [0, 0.05) is 31.5 Å². The molecule has 0 atom stereocenters. The van der Waals surface area contributed by atoms with Gasteiger partial charge in [0.25, 0.3) is 5.91 Å². The molecule has 0 fully saturated rings. The first kappa shape index (κ1) is 17.5. The molecular weight excluding hydrogens is 337 g/mol. The van der Waals surface area contributed by atoms with Crippen LogP contribution in [-0.4, -0.2) is 31.5 Å². The normalized spacial score (nSPS) is 11.0. The number of halogens is 1. The van der Waals surface area contributed by atoms with Crippen LogP contribution in [0.1, 0.15) is 24.3 Å². The topological polar surface area (TPSA) is 73.0 Å². The van der Waals surface area contributed by atoms with Crippen molar-refractivity contribution in [2.75, 3.05) is 4.90 Å². The molecule has 0 bridgehead atoms. The number of anilines is 1. The van der Waals surface area contributed by atoms with Crippen molar-refractivity contribution in [2.45, 2.75) is 19.9 Å². The third kappa shape index (κ3) is 3.39. The second kappa shape index (κ2) is 6.91. The number of nitrogens with zero attached hydrogens (tertiary/aromatic N) is 5. The lowest BCUT2D eigenvalue weighted by Crippen LogP contribution is -2.40. The second-order valence-electron chi connectivity index (χ2n) is 6.09. The highest BCUT2D eigenvalue weighted by molar-refractivity contribution is 6.04. The van der Waals surface area contributed by atoms with Crippen LogP contribution in [0.15, 0.2) is 53.7 Å². The van der Waals surface area contributed by atoms with Crippen molar-refractivity contribution in [2.24, 2.45) is 7.05 Å². The molecule has 0 radical (unpaired) electrons. The van der Waals surface area contributed by atoms with Gasteiger partial charge in [-0.15, -0.1) is 0 Å². The van der Waals surface area contributed by atoms with Crippen molar-refractivity contribution in [3.8, 4) is 5.69 Å². The Hall–Kier alpha value is -3.29. The van der Waals surface area contributed by atoms with Gasteiger partial charge in [0.15, 0.2) is 5.69 Å². The van der Waals surface area contributed by atoms with Gasteiger partial charge in [-0.1, -0.05) is 0 Å². The Morgan fingerprint density at radius 3 is 2.46 bits per heavy atom. The zero-order valence-electron chi connectivity index (χ0n) is 14.6. The Kier molecular flexibility index (Phi) is 4.66. The SMILES string of the molecule is CC(C)N(C(=O)c1nn(-c2ccc(F)cc2)ccc1=O)c1cnn(C)c1. The summed E-state index contributed by atoms with van der Waals surface area (Å²) in [5, 5.41) is 8.25. The van der Waals surface area contributed by atoms with Crippen molar-refractivity contribution in [1.29, 1.82) is 0 Å². The zero-order chi connectivity index (χ0) is 18.8. The van der Waals surface area contributed by atoms with Crippen molar-refractivity contribution in [1.82, 2.24) is 19.6 Å². The van der Waals surface area contributed by atoms with Crippen LogP contribution < -0.4 is 10.3 Å². The molecule has 3 rings (SSSR count). The predicted molar refractivity (Wildman–Crippen MR) is 94.9 cm³/mol. The van der Waals surface area contributed by atoms with Gasteiger partial charge >= 0.3 is 0 Å². The number of hydrogen-bond donors (Lipinski definition) is 0. The van der Waals surface area contributed by atoms with Gasteiger partial charge in [-0.05, 0) is 38.1 Å². The van der Waals surface area contributed by atoms with Gasteiger partial charge in [-0.3, -0.25) is 14.3 Å². The molecule has 1 aromatic carbocycles. The number of hydrogen-bond acceptors (Lipinski definition) is 4. The summed E-state index contributed by atoms with van der Waals surface area (Å²) in [4.78, 5) is 26.7. The molecule has 0 saturated heterocycles. The Morgan fingerprint density at radius 2 is 1.88 bits per heavy atom. The fourth-order valence-electron chi connectivity index (χ4n) is 2.59. The summed E-state index contributed by atoms with van der Waals surface area (Å²) < 4.78 is 16.1. The van der Waals surface area contributed by atoms with Crippen LogP contribution in [0.2, 0.25) is 0 Å². The van der Waals surface area contributed by atoms with Gasteiger partial charge in [0.05, 0.1) is 17.6 Å². The number of aromatic nitrogens is 4. The standard InChI is InChI=1S/C18H18FN5O2/c1-12(2)24(15-10-20-22(3)11-15)18(26)17-16(25)8-9-23(21-17)14-6-4-13(19)5-7-14/h4-12H,1-3H3. The van der Waals surface area contributed by atoms with Crippen LogP contribution in [0.4, 0.5) is 10.1 Å². The molecule has 2 aromatic heterocycles. The van der Waals surface area contributed by atoms with Crippen molar-refractivity contribution >= 4 is 11.6 Å². The molecule has 8 heteroatoms. The van der Waals surface area contributed by atoms with Crippen LogP contribution in [-0.2, 0) is 7.05 Å². The van der Waals surface area contributed by atoms with Gasteiger partial charge in [0.2, 0.25) is 5.43 Å². The van der Waals surface area contributed by atoms with Crippen LogP contribution in [0.25, 0.3) is 5.69 Å². The molecule has 2 heterocycles. The lowest BCUT2D eigenvalue weighted by atomic mass is 10.2. The first-order valence-corrected chi connectivity index (χ1v) is 8.05. The van der Waals surface area contributed by atoms with Gasteiger partial charge in [-0.25, -0.2) is 9.07 Å². The number of carbonyl (C=O) groups is 1. The summed E-state index contributed by atoms with van der Waals surface area (Å²) >= 11 is 0. The summed E-state index contributed by atoms with van der Waals surface area (Å²) in [5.41, 5.74) is 0.418. The second-order valence-corrected chi connectivity index (χ2v) is 6.09. The highest BCUT2D eigenvalue weighted by Gasteiger charge is 2.25. The predicted octanol–water partition coefficient (Wildman–Crippen LogP) is 2.16. The number of aryl methyl sites for hydroxylation is 1. The van der Waals surface area contributed by atoms with E-state index in [0.717, 1.165) is 0 Å². The maximum absolute atomic E-state index is 13.1. The van der Waals surface area contributed by atoms with Crippen molar-refractivity contribution < 1.29 is 9.18 Å². The number of benzene rings is 1. The lowest BCUT2D eigenvalue weighted by Gasteiger charge is -2.24. The van der Waals surface area contributed by atoms with Gasteiger partial charge < -0.3 is 4.90 Å². The van der Waals surface area contributed by atoms with Crippen LogP contribution in [0.5, 0.6) is 0 Å². The van der Waals surface area contributed by atoms with E-state index in [1.54, 1.807) is 24.1 Å². The van der Waals surface area contributed by atoms with E-state index < -0.39 is 11.3 Å². The van der Waals surface area contributed by atoms with E-state index in [4.69, 9.17) is 0 Å². The maximum atomic E-state index is 13.1. The number of rotatable bonds is 4. The molecule has 134 valence electrons. The third-order valence-corrected chi connectivity index (χ3v) is 3.81. The molecule has 0 aliphatic heterocycles. The fourth-order valence-corrected chi connectivity index (χ4v) is 2.59. The average Bonchev–Trinajstić information content (AvgIpc) is 3.01. The van der Waals surface area contributed by atoms with Crippen molar-refractivity contribution in [3.63, 3.8) is 0 Å². The summed E-state index contributed by atoms with van der Waals surface area (Å²) in [6.07, 6.45) is 4.69. The van der Waals surface area contributed by atoms with Crippen LogP contribution in [0.3, 0.4) is 0 Å². The molecule has 0 aliphatic carbocycles. The van der Waals surface area contributed by atoms with Crippen LogP contribution in [0, 0.1) is 5.82 Å². The molecule has 0 spiro atoms. The zero-order valence-corrected chi connectivity index (χ0v) is 14.6. The summed E-state index contributed by atoms with van der Waals surface area (Å²) in [5.74, 6) is -0.900. The lowest BCUT2D eigenvalue weighted by molar-refractivity contribution is 0.0972. The van der Waals surface area contributed by atoms with E-state index in [2.05, 4.69) is 10.2 Å². The molecular formula is C18H18FN5O2. The molecule has 26 heavy (non-hydrogen) atoms. The minimum atomic E-state index is -0.519. The number of amides is 1. The van der Waals surface area contributed by atoms with Gasteiger partial charge in [-0.2, -0.15) is 10.2 Å². The Balaban J connectivity index is 2.04. The molecule has 3 aromatic rings. The molecule has 7 nitrogen and oxygen atoms in total. The first-order valence-electron chi connectivity index (χ1n) is 8.05. The molecule has 0 saturated carbocycles. The largest absolute Gasteiger partial charge is 0.301 e. The Morgan fingerprint density at radius 1 is 1.19 bits per heavy atom. The molecule has 0 unspecified atom stereocenters. The Bertz CT molecular complexity index is 991. The fraction of sp³-hybridized carbons (Fsp3) is 0.222. The van der Waals surface area contributed by atoms with E-state index in [0.29, 0.717) is 11.4 Å². The summed E-state index contributed by atoms with van der Waals surface area (Å²) in [6.45, 7) is 3.68. The smallest absolute Gasteiger partial charge is 0.283 e. The average molecular weight is 355 g/mol. The van der Waals surface area contributed by atoms with Crippen molar-refractivity contribution in [3.05, 3.63) is 70.7 Å². The Labute approximate surface area is 149 Å². The maximum Gasteiger partial charge on any atom is 0.283 e. The minimum Gasteiger partial charge on any atom is -0.301 e. The highest BCUT2D eigenvalue weighted by Crippen LogP contribution is 2.18. The summed E-state index contributed by atoms with van der Waals surface area (Å²) in [6, 6.07) is 6.67. The van der Waals surface area contributed by atoms with Crippen LogP contribution >= 0.6 is 0 Å². The van der Waals surface area contributed by atoms with E-state index >= 15 is 0 Å². The molecule has 0 aliphatic rings. The summed E-state index contributed by atoms with van der Waals surface area (Å²) in [7, 11) is 1.74. The highest BCUT2D eigenvalue weighted by atomic mass is 19.1. The quantitative estimate of drug-likeness (QED) is 0.719. The third-order valence-electron chi connectivity index (χ3n) is 3.81. The van der Waals surface area contributed by atoms with E-state index in [9.17, 15) is 14.0 Å². The first-order chi connectivity index (χ1) is 12.4. The number of carbonyl (C=O) groups excluding carboxylic acids is 1. The van der Waals surface area contributed by atoms with E-state index in [1.807, 2.05) is 13.8 Å².